The first-order chi connectivity index (χ1) is 8.99. The number of amides is 1. The second kappa shape index (κ2) is 5.72. The first-order valence-electron chi connectivity index (χ1n) is 5.50. The van der Waals surface area contributed by atoms with Gasteiger partial charge in [-0.05, 0) is 52.7 Å². The van der Waals surface area contributed by atoms with Crippen LogP contribution in [0.5, 0.6) is 0 Å². The summed E-state index contributed by atoms with van der Waals surface area (Å²) >= 11 is 9.25. The predicted octanol–water partition coefficient (Wildman–Crippen LogP) is 4.80. The molecule has 0 heterocycles. The van der Waals surface area contributed by atoms with Crippen molar-refractivity contribution in [1.29, 1.82) is 0 Å². The Hall–Kier alpha value is -1.39. The first-order valence-corrected chi connectivity index (χ1v) is 6.67. The molecule has 0 aliphatic carbocycles. The summed E-state index contributed by atoms with van der Waals surface area (Å²) in [5.74, 6) is -0.852. The van der Waals surface area contributed by atoms with E-state index >= 15 is 0 Å². The van der Waals surface area contributed by atoms with Crippen molar-refractivity contribution in [2.75, 3.05) is 5.32 Å². The minimum atomic E-state index is -0.474. The number of hydrogen-bond acceptors (Lipinski definition) is 1. The van der Waals surface area contributed by atoms with Crippen molar-refractivity contribution in [1.82, 2.24) is 0 Å². The molecule has 0 spiro atoms. The van der Waals surface area contributed by atoms with Crippen LogP contribution in [0.4, 0.5) is 10.1 Å². The molecule has 0 fully saturated rings. The van der Waals surface area contributed by atoms with Gasteiger partial charge in [-0.15, -0.1) is 0 Å². The molecule has 2 aromatic rings. The second-order valence-electron chi connectivity index (χ2n) is 4.01. The lowest BCUT2D eigenvalue weighted by atomic mass is 10.2. The van der Waals surface area contributed by atoms with Gasteiger partial charge in [-0.3, -0.25) is 4.79 Å². The van der Waals surface area contributed by atoms with E-state index in [9.17, 15) is 9.18 Å². The third-order valence-corrected chi connectivity index (χ3v) is 3.98. The van der Waals surface area contributed by atoms with Gasteiger partial charge in [0.15, 0.2) is 0 Å². The number of carbonyl (C=O) groups excluding carboxylic acids is 1. The third kappa shape index (κ3) is 3.14. The van der Waals surface area contributed by atoms with Crippen LogP contribution in [0.2, 0.25) is 5.02 Å². The molecule has 2 aromatic carbocycles. The summed E-state index contributed by atoms with van der Waals surface area (Å²) in [6.07, 6.45) is 0. The van der Waals surface area contributed by atoms with E-state index in [1.54, 1.807) is 6.07 Å². The van der Waals surface area contributed by atoms with Gasteiger partial charge < -0.3 is 5.32 Å². The fraction of sp³-hybridized carbons (Fsp3) is 0.0714. The number of halogens is 3. The maximum Gasteiger partial charge on any atom is 0.257 e. The highest BCUT2D eigenvalue weighted by atomic mass is 79.9. The van der Waals surface area contributed by atoms with Crippen molar-refractivity contribution in [3.05, 3.63) is 62.8 Å². The summed E-state index contributed by atoms with van der Waals surface area (Å²) in [6.45, 7) is 1.92. The molecule has 0 aliphatic heterocycles. The zero-order valence-electron chi connectivity index (χ0n) is 10.0. The minimum absolute atomic E-state index is 0.0845. The van der Waals surface area contributed by atoms with Crippen LogP contribution in [-0.2, 0) is 0 Å². The Labute approximate surface area is 123 Å². The number of aryl methyl sites for hydroxylation is 1. The van der Waals surface area contributed by atoms with Gasteiger partial charge in [0.05, 0.1) is 16.3 Å². The van der Waals surface area contributed by atoms with Gasteiger partial charge in [0.25, 0.3) is 5.91 Å². The molecule has 2 nitrogen and oxygen atoms in total. The van der Waals surface area contributed by atoms with Crippen LogP contribution >= 0.6 is 27.5 Å². The van der Waals surface area contributed by atoms with E-state index in [0.29, 0.717) is 5.69 Å². The summed E-state index contributed by atoms with van der Waals surface area (Å²) in [4.78, 5) is 12.1. The molecule has 0 aliphatic rings. The molecule has 0 saturated heterocycles. The molecule has 5 heteroatoms. The van der Waals surface area contributed by atoms with Crippen molar-refractivity contribution < 1.29 is 9.18 Å². The smallest absolute Gasteiger partial charge is 0.257 e. The number of hydrogen-bond donors (Lipinski definition) is 1. The van der Waals surface area contributed by atoms with Gasteiger partial charge >= 0.3 is 0 Å². The quantitative estimate of drug-likeness (QED) is 0.834. The van der Waals surface area contributed by atoms with Gasteiger partial charge in [-0.1, -0.05) is 23.7 Å². The Morgan fingerprint density at radius 1 is 1.32 bits per heavy atom. The SMILES string of the molecule is Cc1cccc(NC(=O)c2ccc(F)cc2Cl)c1Br. The predicted molar refractivity (Wildman–Crippen MR) is 78.2 cm³/mol. The Balaban J connectivity index is 2.28. The van der Waals surface area contributed by atoms with Gasteiger partial charge in [0.1, 0.15) is 5.82 Å². The van der Waals surface area contributed by atoms with E-state index in [2.05, 4.69) is 21.2 Å². The lowest BCUT2D eigenvalue weighted by Crippen LogP contribution is -2.13. The lowest BCUT2D eigenvalue weighted by molar-refractivity contribution is 0.102. The molecule has 0 unspecified atom stereocenters. The molecule has 0 radical (unpaired) electrons. The zero-order valence-corrected chi connectivity index (χ0v) is 12.3. The number of carbonyl (C=O) groups is 1. The summed E-state index contributed by atoms with van der Waals surface area (Å²) in [6, 6.07) is 9.20. The van der Waals surface area contributed by atoms with Crippen LogP contribution in [0.1, 0.15) is 15.9 Å². The molecule has 0 aromatic heterocycles. The van der Waals surface area contributed by atoms with Crippen molar-refractivity contribution >= 4 is 39.1 Å². The molecule has 2 rings (SSSR count). The lowest BCUT2D eigenvalue weighted by Gasteiger charge is -2.10. The minimum Gasteiger partial charge on any atom is -0.321 e. The Bertz CT molecular complexity index is 645. The average molecular weight is 343 g/mol. The topological polar surface area (TPSA) is 29.1 Å². The Morgan fingerprint density at radius 2 is 2.05 bits per heavy atom. The molecular weight excluding hydrogens is 333 g/mol. The number of nitrogens with one attached hydrogen (secondary N) is 1. The molecular formula is C14H10BrClFNO. The highest BCUT2D eigenvalue weighted by Crippen LogP contribution is 2.27. The van der Waals surface area contributed by atoms with Crippen molar-refractivity contribution in [2.45, 2.75) is 6.92 Å². The number of benzene rings is 2. The van der Waals surface area contributed by atoms with E-state index < -0.39 is 5.82 Å². The third-order valence-electron chi connectivity index (χ3n) is 2.62. The molecule has 1 N–H and O–H groups in total. The second-order valence-corrected chi connectivity index (χ2v) is 5.21. The van der Waals surface area contributed by atoms with Crippen molar-refractivity contribution in [2.24, 2.45) is 0 Å². The molecule has 0 saturated carbocycles. The van der Waals surface area contributed by atoms with Crippen LogP contribution in [0, 0.1) is 12.7 Å². The molecule has 0 atom stereocenters. The maximum atomic E-state index is 12.9. The normalized spacial score (nSPS) is 10.3. The van der Waals surface area contributed by atoms with Gasteiger partial charge in [0.2, 0.25) is 0 Å². The number of anilines is 1. The highest BCUT2D eigenvalue weighted by molar-refractivity contribution is 9.10. The van der Waals surface area contributed by atoms with Gasteiger partial charge in [0, 0.05) is 4.47 Å². The molecule has 0 bridgehead atoms. The van der Waals surface area contributed by atoms with E-state index in [1.807, 2.05) is 19.1 Å². The standard InChI is InChI=1S/C14H10BrClFNO/c1-8-3-2-4-12(13(8)15)18-14(19)10-6-5-9(17)7-11(10)16/h2-7H,1H3,(H,18,19). The first kappa shape index (κ1) is 14.0. The fourth-order valence-corrected chi connectivity index (χ4v) is 2.22. The monoisotopic (exact) mass is 341 g/mol. The summed E-state index contributed by atoms with van der Waals surface area (Å²) in [5.41, 5.74) is 1.88. The van der Waals surface area contributed by atoms with Crippen molar-refractivity contribution in [3.8, 4) is 0 Å². The molecule has 1 amide bonds. The Kier molecular flexibility index (Phi) is 4.22. The van der Waals surface area contributed by atoms with Crippen LogP contribution in [0.3, 0.4) is 0 Å². The van der Waals surface area contributed by atoms with Gasteiger partial charge in [-0.25, -0.2) is 4.39 Å². The molecule has 19 heavy (non-hydrogen) atoms. The largest absolute Gasteiger partial charge is 0.321 e. The van der Waals surface area contributed by atoms with E-state index in [-0.39, 0.29) is 16.5 Å². The number of rotatable bonds is 2. The van der Waals surface area contributed by atoms with Gasteiger partial charge in [-0.2, -0.15) is 0 Å². The molecule has 98 valence electrons. The van der Waals surface area contributed by atoms with E-state index in [0.717, 1.165) is 16.1 Å². The summed E-state index contributed by atoms with van der Waals surface area (Å²) in [5, 5.41) is 2.82. The zero-order chi connectivity index (χ0) is 14.0. The van der Waals surface area contributed by atoms with Crippen molar-refractivity contribution in [3.63, 3.8) is 0 Å². The summed E-state index contributed by atoms with van der Waals surface area (Å²) < 4.78 is 13.7. The van der Waals surface area contributed by atoms with Crippen LogP contribution in [-0.4, -0.2) is 5.91 Å². The van der Waals surface area contributed by atoms with Crippen LogP contribution in [0.15, 0.2) is 40.9 Å². The van der Waals surface area contributed by atoms with Crippen LogP contribution < -0.4 is 5.32 Å². The van der Waals surface area contributed by atoms with Crippen LogP contribution in [0.25, 0.3) is 0 Å². The average Bonchev–Trinajstić information content (AvgIpc) is 2.34. The Morgan fingerprint density at radius 3 is 2.74 bits per heavy atom. The van der Waals surface area contributed by atoms with E-state index in [4.69, 9.17) is 11.6 Å². The summed E-state index contributed by atoms with van der Waals surface area (Å²) in [7, 11) is 0. The highest BCUT2D eigenvalue weighted by Gasteiger charge is 2.13. The maximum absolute atomic E-state index is 12.9. The van der Waals surface area contributed by atoms with E-state index in [1.165, 1.54) is 12.1 Å². The fourth-order valence-electron chi connectivity index (χ4n) is 1.61.